The Balaban J connectivity index is 1.46. The van der Waals surface area contributed by atoms with Gasteiger partial charge in [-0.05, 0) is 17.7 Å². The number of fused-ring (bicyclic) bond motifs is 4. The normalized spacial score (nSPS) is 19.6. The van der Waals surface area contributed by atoms with Crippen molar-refractivity contribution in [1.29, 1.82) is 0 Å². The number of aromatic amines is 1. The van der Waals surface area contributed by atoms with E-state index in [9.17, 15) is 9.59 Å². The average molecular weight is 359 g/mol. The second-order valence-electron chi connectivity index (χ2n) is 6.80. The fourth-order valence-corrected chi connectivity index (χ4v) is 3.85. The van der Waals surface area contributed by atoms with Crippen molar-refractivity contribution in [2.75, 3.05) is 6.54 Å². The van der Waals surface area contributed by atoms with Gasteiger partial charge in [-0.15, -0.1) is 0 Å². The molecule has 1 atom stereocenters. The highest BCUT2D eigenvalue weighted by molar-refractivity contribution is 5.97. The van der Waals surface area contributed by atoms with E-state index in [1.165, 1.54) is 5.01 Å². The van der Waals surface area contributed by atoms with Gasteiger partial charge >= 0.3 is 0 Å². The van der Waals surface area contributed by atoms with Gasteiger partial charge in [0.1, 0.15) is 12.6 Å². The molecule has 27 heavy (non-hydrogen) atoms. The first-order valence-corrected chi connectivity index (χ1v) is 8.84. The molecular formula is C20H17N5O2. The summed E-state index contributed by atoms with van der Waals surface area (Å²) in [5, 5.41) is 6.63. The quantitative estimate of drug-likeness (QED) is 0.707. The van der Waals surface area contributed by atoms with E-state index in [0.717, 1.165) is 27.7 Å². The summed E-state index contributed by atoms with van der Waals surface area (Å²) in [6.07, 6.45) is 5.40. The van der Waals surface area contributed by atoms with Crippen molar-refractivity contribution < 1.29 is 9.59 Å². The van der Waals surface area contributed by atoms with Crippen molar-refractivity contribution in [1.82, 2.24) is 19.9 Å². The lowest BCUT2D eigenvalue weighted by Crippen LogP contribution is -2.60. The van der Waals surface area contributed by atoms with E-state index in [1.54, 1.807) is 29.6 Å². The lowest BCUT2D eigenvalue weighted by molar-refractivity contribution is -0.157. The van der Waals surface area contributed by atoms with Gasteiger partial charge in [0, 0.05) is 41.0 Å². The van der Waals surface area contributed by atoms with E-state index >= 15 is 0 Å². The summed E-state index contributed by atoms with van der Waals surface area (Å²) in [6, 6.07) is 11.2. The molecule has 1 saturated heterocycles. The van der Waals surface area contributed by atoms with Crippen LogP contribution in [0.25, 0.3) is 10.9 Å². The molecule has 0 radical (unpaired) electrons. The van der Waals surface area contributed by atoms with E-state index in [4.69, 9.17) is 0 Å². The first-order valence-electron chi connectivity index (χ1n) is 8.84. The maximum absolute atomic E-state index is 13.0. The van der Waals surface area contributed by atoms with Gasteiger partial charge in [-0.25, -0.2) is 5.01 Å². The molecule has 2 aliphatic rings. The van der Waals surface area contributed by atoms with Gasteiger partial charge in [-0.1, -0.05) is 24.3 Å². The third kappa shape index (κ3) is 2.59. The lowest BCUT2D eigenvalue weighted by Gasteiger charge is -2.40. The van der Waals surface area contributed by atoms with Crippen LogP contribution in [0, 0.1) is 0 Å². The SMILES string of the molecule is O=C1[C@H]2Cc3c([nH]c4ccccc34)CN2C(=O)CN1N=Cc1cccnc1. The number of hydrogen-bond acceptors (Lipinski definition) is 4. The number of H-pyrrole nitrogens is 1. The fraction of sp³-hybridized carbons (Fsp3) is 0.200. The number of aromatic nitrogens is 2. The summed E-state index contributed by atoms with van der Waals surface area (Å²) in [5.74, 6) is -0.238. The number of para-hydroxylation sites is 1. The smallest absolute Gasteiger partial charge is 0.266 e. The van der Waals surface area contributed by atoms with Gasteiger partial charge in [-0.2, -0.15) is 5.10 Å². The predicted octanol–water partition coefficient (Wildman–Crippen LogP) is 1.69. The Hall–Kier alpha value is -3.48. The monoisotopic (exact) mass is 359 g/mol. The number of hydrogen-bond donors (Lipinski definition) is 1. The van der Waals surface area contributed by atoms with Crippen molar-refractivity contribution >= 4 is 28.9 Å². The topological polar surface area (TPSA) is 81.7 Å². The molecule has 3 aromatic rings. The third-order valence-electron chi connectivity index (χ3n) is 5.18. The minimum Gasteiger partial charge on any atom is -0.357 e. The van der Waals surface area contributed by atoms with Crippen LogP contribution in [0.4, 0.5) is 0 Å². The Morgan fingerprint density at radius 2 is 2.04 bits per heavy atom. The van der Waals surface area contributed by atoms with E-state index in [1.807, 2.05) is 30.3 Å². The van der Waals surface area contributed by atoms with Crippen LogP contribution < -0.4 is 0 Å². The number of amides is 2. The number of carbonyl (C=O) groups excluding carboxylic acids is 2. The molecule has 4 heterocycles. The zero-order valence-electron chi connectivity index (χ0n) is 14.5. The van der Waals surface area contributed by atoms with Gasteiger partial charge in [0.2, 0.25) is 5.91 Å². The third-order valence-corrected chi connectivity index (χ3v) is 5.18. The molecule has 2 aliphatic heterocycles. The van der Waals surface area contributed by atoms with Crippen molar-refractivity contribution in [3.63, 3.8) is 0 Å². The second-order valence-corrected chi connectivity index (χ2v) is 6.80. The summed E-state index contributed by atoms with van der Waals surface area (Å²) < 4.78 is 0. The fourth-order valence-electron chi connectivity index (χ4n) is 3.85. The van der Waals surface area contributed by atoms with Crippen LogP contribution in [0.5, 0.6) is 0 Å². The molecule has 0 aliphatic carbocycles. The molecule has 134 valence electrons. The number of piperazine rings is 1. The van der Waals surface area contributed by atoms with Gasteiger partial charge in [-0.3, -0.25) is 14.6 Å². The Morgan fingerprint density at radius 1 is 1.15 bits per heavy atom. The first kappa shape index (κ1) is 15.7. The van der Waals surface area contributed by atoms with Crippen LogP contribution in [0.1, 0.15) is 16.8 Å². The summed E-state index contributed by atoms with van der Waals surface area (Å²) in [6.45, 7) is 0.390. The maximum atomic E-state index is 13.0. The van der Waals surface area contributed by atoms with E-state index in [2.05, 4.69) is 15.1 Å². The minimum absolute atomic E-state index is 0.0400. The molecule has 1 fully saturated rings. The molecule has 0 unspecified atom stereocenters. The molecule has 7 nitrogen and oxygen atoms in total. The summed E-state index contributed by atoms with van der Waals surface area (Å²) >= 11 is 0. The lowest BCUT2D eigenvalue weighted by atomic mass is 9.94. The number of pyridine rings is 1. The second kappa shape index (κ2) is 6.05. The average Bonchev–Trinajstić information content (AvgIpc) is 3.07. The Morgan fingerprint density at radius 3 is 2.89 bits per heavy atom. The van der Waals surface area contributed by atoms with Crippen molar-refractivity contribution in [3.05, 3.63) is 65.6 Å². The van der Waals surface area contributed by atoms with Crippen LogP contribution in [0.15, 0.2) is 53.9 Å². The molecule has 1 N–H and O–H groups in total. The number of benzene rings is 1. The molecule has 7 heteroatoms. The zero-order valence-corrected chi connectivity index (χ0v) is 14.5. The number of rotatable bonds is 2. The highest BCUT2D eigenvalue weighted by atomic mass is 16.2. The van der Waals surface area contributed by atoms with Gasteiger partial charge in [0.05, 0.1) is 12.8 Å². The maximum Gasteiger partial charge on any atom is 0.266 e. The van der Waals surface area contributed by atoms with Gasteiger partial charge in [0.15, 0.2) is 0 Å². The largest absolute Gasteiger partial charge is 0.357 e. The highest BCUT2D eigenvalue weighted by Gasteiger charge is 2.43. The van der Waals surface area contributed by atoms with Crippen LogP contribution in [-0.4, -0.2) is 50.5 Å². The zero-order chi connectivity index (χ0) is 18.4. The standard InChI is InChI=1S/C20H17N5O2/c26-19-12-25(22-10-13-4-3-7-21-9-13)20(27)18-8-15-14-5-1-2-6-16(14)23-17(15)11-24(18)19/h1-7,9-10,18,23H,8,11-12H2/t18-/m1/s1. The van der Waals surface area contributed by atoms with E-state index in [0.29, 0.717) is 13.0 Å². The minimum atomic E-state index is -0.510. The molecule has 5 rings (SSSR count). The van der Waals surface area contributed by atoms with E-state index in [-0.39, 0.29) is 18.4 Å². The van der Waals surface area contributed by atoms with E-state index < -0.39 is 6.04 Å². The van der Waals surface area contributed by atoms with Crippen molar-refractivity contribution in [2.24, 2.45) is 5.10 Å². The molecule has 0 bridgehead atoms. The number of carbonyl (C=O) groups is 2. The van der Waals surface area contributed by atoms with Crippen molar-refractivity contribution in [2.45, 2.75) is 19.0 Å². The Bertz CT molecular complexity index is 1070. The Labute approximate surface area is 155 Å². The molecule has 1 aromatic carbocycles. The number of hydrazone groups is 1. The van der Waals surface area contributed by atoms with Crippen LogP contribution in [0.3, 0.4) is 0 Å². The molecule has 2 amide bonds. The van der Waals surface area contributed by atoms with Crippen molar-refractivity contribution in [3.8, 4) is 0 Å². The van der Waals surface area contributed by atoms with Crippen LogP contribution >= 0.6 is 0 Å². The predicted molar refractivity (Wildman–Crippen MR) is 99.9 cm³/mol. The van der Waals surface area contributed by atoms with Gasteiger partial charge < -0.3 is 9.88 Å². The summed E-state index contributed by atoms with van der Waals surface area (Å²) in [7, 11) is 0. The molecule has 0 spiro atoms. The molecule has 0 saturated carbocycles. The highest BCUT2D eigenvalue weighted by Crippen LogP contribution is 2.32. The van der Waals surface area contributed by atoms with Crippen LogP contribution in [0.2, 0.25) is 0 Å². The summed E-state index contributed by atoms with van der Waals surface area (Å²) in [5.41, 5.74) is 3.95. The first-order chi connectivity index (χ1) is 13.2. The number of nitrogens with zero attached hydrogens (tertiary/aromatic N) is 4. The Kier molecular flexibility index (Phi) is 3.53. The van der Waals surface area contributed by atoms with Gasteiger partial charge in [0.25, 0.3) is 5.91 Å². The molecular weight excluding hydrogens is 342 g/mol. The molecule has 2 aromatic heterocycles. The summed E-state index contributed by atoms with van der Waals surface area (Å²) in [4.78, 5) is 34.7. The van der Waals surface area contributed by atoms with Crippen LogP contribution in [-0.2, 0) is 22.6 Å². The number of nitrogens with one attached hydrogen (secondary N) is 1.